The van der Waals surface area contributed by atoms with Crippen LogP contribution in [0.2, 0.25) is 0 Å². The normalized spacial score (nSPS) is 21.3. The molecular formula is C19H32N2O2. The largest absolute Gasteiger partial charge is 0.494 e. The number of hydrogen-bond donors (Lipinski definition) is 1. The van der Waals surface area contributed by atoms with Crippen molar-refractivity contribution >= 4 is 0 Å². The first-order chi connectivity index (χ1) is 11.1. The summed E-state index contributed by atoms with van der Waals surface area (Å²) >= 11 is 0. The fourth-order valence-electron chi connectivity index (χ4n) is 3.31. The maximum atomic E-state index is 9.61. The topological polar surface area (TPSA) is 35.9 Å². The minimum Gasteiger partial charge on any atom is -0.494 e. The van der Waals surface area contributed by atoms with Gasteiger partial charge in [-0.25, -0.2) is 0 Å². The fraction of sp³-hybridized carbons (Fsp3) is 0.684. The molecule has 130 valence electrons. The molecule has 0 bridgehead atoms. The molecule has 23 heavy (non-hydrogen) atoms. The van der Waals surface area contributed by atoms with E-state index < -0.39 is 0 Å². The van der Waals surface area contributed by atoms with Crippen LogP contribution in [0.15, 0.2) is 24.3 Å². The summed E-state index contributed by atoms with van der Waals surface area (Å²) in [5, 5.41) is 9.61. The Kier molecular flexibility index (Phi) is 7.34. The molecule has 0 radical (unpaired) electrons. The molecule has 4 heteroatoms. The number of piperazine rings is 1. The summed E-state index contributed by atoms with van der Waals surface area (Å²) in [5.41, 5.74) is 1.24. The van der Waals surface area contributed by atoms with Crippen molar-refractivity contribution in [2.45, 2.75) is 45.8 Å². The van der Waals surface area contributed by atoms with E-state index in [1.165, 1.54) is 5.56 Å². The molecule has 4 nitrogen and oxygen atoms in total. The Morgan fingerprint density at radius 1 is 1.35 bits per heavy atom. The Bertz CT molecular complexity index is 464. The SMILES string of the molecule is CC[C@H]1CN(CCCOc2cccc(C)c2)CCN1C[C@@H](C)O. The van der Waals surface area contributed by atoms with Crippen LogP contribution in [0.25, 0.3) is 0 Å². The van der Waals surface area contributed by atoms with Gasteiger partial charge in [0.15, 0.2) is 0 Å². The number of aryl methyl sites for hydroxylation is 1. The number of β-amino-alcohol motifs (C(OH)–C–C–N with tert-alkyl or cyclic N) is 1. The van der Waals surface area contributed by atoms with Gasteiger partial charge in [0.05, 0.1) is 12.7 Å². The quantitative estimate of drug-likeness (QED) is 0.747. The molecule has 1 heterocycles. The van der Waals surface area contributed by atoms with E-state index in [9.17, 15) is 5.11 Å². The Hall–Kier alpha value is -1.10. The monoisotopic (exact) mass is 320 g/mol. The van der Waals surface area contributed by atoms with E-state index in [4.69, 9.17) is 4.74 Å². The predicted octanol–water partition coefficient (Wildman–Crippen LogP) is 2.54. The summed E-state index contributed by atoms with van der Waals surface area (Å²) in [4.78, 5) is 4.97. The van der Waals surface area contributed by atoms with Crippen molar-refractivity contribution in [1.82, 2.24) is 9.80 Å². The van der Waals surface area contributed by atoms with Crippen LogP contribution in [0.3, 0.4) is 0 Å². The van der Waals surface area contributed by atoms with Crippen LogP contribution in [0.4, 0.5) is 0 Å². The van der Waals surface area contributed by atoms with Crippen LogP contribution in [0.5, 0.6) is 5.75 Å². The summed E-state index contributed by atoms with van der Waals surface area (Å²) in [6.07, 6.45) is 1.96. The predicted molar refractivity (Wildman–Crippen MR) is 95.1 cm³/mol. The van der Waals surface area contributed by atoms with Gasteiger partial charge >= 0.3 is 0 Å². The second-order valence-electron chi connectivity index (χ2n) is 6.73. The summed E-state index contributed by atoms with van der Waals surface area (Å²) in [7, 11) is 0. The minimum absolute atomic E-state index is 0.238. The first-order valence-corrected chi connectivity index (χ1v) is 8.92. The van der Waals surface area contributed by atoms with Crippen LogP contribution < -0.4 is 4.74 Å². The van der Waals surface area contributed by atoms with E-state index in [0.29, 0.717) is 6.04 Å². The van der Waals surface area contributed by atoms with Crippen LogP contribution in [-0.4, -0.2) is 66.4 Å². The lowest BCUT2D eigenvalue weighted by Gasteiger charge is -2.41. The highest BCUT2D eigenvalue weighted by atomic mass is 16.5. The number of aliphatic hydroxyl groups excluding tert-OH is 1. The molecule has 0 saturated carbocycles. The molecule has 0 aromatic heterocycles. The average molecular weight is 320 g/mol. The van der Waals surface area contributed by atoms with E-state index in [-0.39, 0.29) is 6.10 Å². The van der Waals surface area contributed by atoms with Crippen LogP contribution in [0, 0.1) is 6.92 Å². The summed E-state index contributed by atoms with van der Waals surface area (Å²) in [6.45, 7) is 12.1. The highest BCUT2D eigenvalue weighted by Crippen LogP contribution is 2.15. The summed E-state index contributed by atoms with van der Waals surface area (Å²) < 4.78 is 5.83. The fourth-order valence-corrected chi connectivity index (χ4v) is 3.31. The van der Waals surface area contributed by atoms with Gasteiger partial charge in [0.1, 0.15) is 5.75 Å². The maximum Gasteiger partial charge on any atom is 0.119 e. The third-order valence-corrected chi connectivity index (χ3v) is 4.54. The number of ether oxygens (including phenoxy) is 1. The Balaban J connectivity index is 1.68. The highest BCUT2D eigenvalue weighted by Gasteiger charge is 2.25. The molecule has 1 aromatic carbocycles. The molecule has 1 aliphatic rings. The molecule has 1 N–H and O–H groups in total. The van der Waals surface area contributed by atoms with Crippen molar-refractivity contribution in [1.29, 1.82) is 0 Å². The van der Waals surface area contributed by atoms with E-state index >= 15 is 0 Å². The molecule has 1 saturated heterocycles. The standard InChI is InChI=1S/C19H32N2O2/c1-4-18-15-20(10-11-21(18)14-17(3)22)9-6-12-23-19-8-5-7-16(2)13-19/h5,7-8,13,17-18,22H,4,6,9-12,14-15H2,1-3H3/t17-,18+/m1/s1. The van der Waals surface area contributed by atoms with E-state index in [0.717, 1.165) is 57.9 Å². The molecule has 1 aromatic rings. The van der Waals surface area contributed by atoms with Gasteiger partial charge in [0.25, 0.3) is 0 Å². The number of rotatable bonds is 8. The van der Waals surface area contributed by atoms with Crippen LogP contribution in [-0.2, 0) is 0 Å². The van der Waals surface area contributed by atoms with Gasteiger partial charge in [-0.15, -0.1) is 0 Å². The Labute approximate surface area is 141 Å². The van der Waals surface area contributed by atoms with Gasteiger partial charge in [-0.05, 0) is 44.4 Å². The molecular weight excluding hydrogens is 288 g/mol. The van der Waals surface area contributed by atoms with Crippen molar-refractivity contribution in [3.8, 4) is 5.75 Å². The van der Waals surface area contributed by atoms with E-state index in [2.05, 4.69) is 35.8 Å². The first kappa shape index (κ1) is 18.2. The Morgan fingerprint density at radius 3 is 2.87 bits per heavy atom. The van der Waals surface area contributed by atoms with Crippen molar-refractivity contribution in [2.75, 3.05) is 39.3 Å². The van der Waals surface area contributed by atoms with Gasteiger partial charge in [0, 0.05) is 38.8 Å². The number of hydrogen-bond acceptors (Lipinski definition) is 4. The minimum atomic E-state index is -0.238. The van der Waals surface area contributed by atoms with Gasteiger partial charge < -0.3 is 14.7 Å². The van der Waals surface area contributed by atoms with Crippen molar-refractivity contribution in [3.05, 3.63) is 29.8 Å². The van der Waals surface area contributed by atoms with E-state index in [1.54, 1.807) is 0 Å². The van der Waals surface area contributed by atoms with E-state index in [1.807, 2.05) is 19.1 Å². The van der Waals surface area contributed by atoms with Crippen LogP contribution >= 0.6 is 0 Å². The maximum absolute atomic E-state index is 9.61. The zero-order valence-corrected chi connectivity index (χ0v) is 14.9. The molecule has 0 amide bonds. The molecule has 0 aliphatic carbocycles. The molecule has 2 rings (SSSR count). The second-order valence-corrected chi connectivity index (χ2v) is 6.73. The first-order valence-electron chi connectivity index (χ1n) is 8.92. The third kappa shape index (κ3) is 6.13. The van der Waals surface area contributed by atoms with Gasteiger partial charge in [-0.2, -0.15) is 0 Å². The van der Waals surface area contributed by atoms with Crippen molar-refractivity contribution in [3.63, 3.8) is 0 Å². The third-order valence-electron chi connectivity index (χ3n) is 4.54. The number of aliphatic hydroxyl groups is 1. The van der Waals surface area contributed by atoms with Crippen LogP contribution in [0.1, 0.15) is 32.3 Å². The molecule has 0 unspecified atom stereocenters. The smallest absolute Gasteiger partial charge is 0.119 e. The highest BCUT2D eigenvalue weighted by molar-refractivity contribution is 5.27. The average Bonchev–Trinajstić information content (AvgIpc) is 2.52. The van der Waals surface area contributed by atoms with Gasteiger partial charge in [-0.3, -0.25) is 4.90 Å². The zero-order chi connectivity index (χ0) is 16.7. The summed E-state index contributed by atoms with van der Waals surface area (Å²) in [5.74, 6) is 0.971. The number of nitrogens with zero attached hydrogens (tertiary/aromatic N) is 2. The van der Waals surface area contributed by atoms with Gasteiger partial charge in [0.2, 0.25) is 0 Å². The summed E-state index contributed by atoms with van der Waals surface area (Å²) in [6, 6.07) is 8.80. The lowest BCUT2D eigenvalue weighted by molar-refractivity contribution is 0.0351. The lowest BCUT2D eigenvalue weighted by atomic mass is 10.1. The molecule has 1 aliphatic heterocycles. The van der Waals surface area contributed by atoms with Crippen molar-refractivity contribution < 1.29 is 9.84 Å². The van der Waals surface area contributed by atoms with Crippen molar-refractivity contribution in [2.24, 2.45) is 0 Å². The zero-order valence-electron chi connectivity index (χ0n) is 14.9. The lowest BCUT2D eigenvalue weighted by Crippen LogP contribution is -2.54. The number of benzene rings is 1. The second kappa shape index (κ2) is 9.26. The molecule has 1 fully saturated rings. The molecule has 2 atom stereocenters. The Morgan fingerprint density at radius 2 is 2.17 bits per heavy atom. The molecule has 0 spiro atoms. The van der Waals surface area contributed by atoms with Gasteiger partial charge in [-0.1, -0.05) is 19.1 Å².